The van der Waals surface area contributed by atoms with Gasteiger partial charge < -0.3 is 4.74 Å². The number of fused-ring (bicyclic) bond motifs is 1. The molecule has 0 amide bonds. The van der Waals surface area contributed by atoms with Gasteiger partial charge in [-0.15, -0.1) is 0 Å². The fraction of sp³-hybridized carbons (Fsp3) is 0.938. The zero-order valence-electron chi connectivity index (χ0n) is 12.6. The average molecular weight is 252 g/mol. The molecule has 0 N–H and O–H groups in total. The summed E-state index contributed by atoms with van der Waals surface area (Å²) in [7, 11) is 0. The molecule has 2 nitrogen and oxygen atoms in total. The lowest BCUT2D eigenvalue weighted by molar-refractivity contribution is -0.189. The SMILES string of the molecule is CC(C)(C)CC1OC(=O)C(C)(C)[C@@H]2CCCCC12. The van der Waals surface area contributed by atoms with Gasteiger partial charge in [-0.25, -0.2) is 0 Å². The molecule has 2 rings (SSSR count). The van der Waals surface area contributed by atoms with Crippen molar-refractivity contribution in [1.29, 1.82) is 0 Å². The molecule has 18 heavy (non-hydrogen) atoms. The van der Waals surface area contributed by atoms with Gasteiger partial charge in [-0.05, 0) is 50.4 Å². The quantitative estimate of drug-likeness (QED) is 0.654. The predicted octanol–water partition coefficient (Wildman–Crippen LogP) is 4.18. The molecule has 0 aromatic rings. The van der Waals surface area contributed by atoms with Gasteiger partial charge in [0.2, 0.25) is 0 Å². The van der Waals surface area contributed by atoms with E-state index in [1.165, 1.54) is 25.7 Å². The molecule has 0 bridgehead atoms. The lowest BCUT2D eigenvalue weighted by Crippen LogP contribution is -2.52. The summed E-state index contributed by atoms with van der Waals surface area (Å²) in [6, 6.07) is 0. The second kappa shape index (κ2) is 4.54. The van der Waals surface area contributed by atoms with Crippen LogP contribution in [0.3, 0.4) is 0 Å². The van der Waals surface area contributed by atoms with Gasteiger partial charge in [-0.3, -0.25) is 4.79 Å². The molecule has 1 aliphatic carbocycles. The molecular weight excluding hydrogens is 224 g/mol. The van der Waals surface area contributed by atoms with Gasteiger partial charge in [0.1, 0.15) is 6.10 Å². The minimum atomic E-state index is -0.278. The second-order valence-electron chi connectivity index (χ2n) is 7.99. The smallest absolute Gasteiger partial charge is 0.312 e. The van der Waals surface area contributed by atoms with E-state index in [-0.39, 0.29) is 22.9 Å². The van der Waals surface area contributed by atoms with Gasteiger partial charge in [-0.2, -0.15) is 0 Å². The van der Waals surface area contributed by atoms with Crippen molar-refractivity contribution in [1.82, 2.24) is 0 Å². The number of hydrogen-bond acceptors (Lipinski definition) is 2. The summed E-state index contributed by atoms with van der Waals surface area (Å²) in [5.74, 6) is 1.14. The van der Waals surface area contributed by atoms with Crippen molar-refractivity contribution in [3.63, 3.8) is 0 Å². The van der Waals surface area contributed by atoms with Crippen LogP contribution < -0.4 is 0 Å². The molecule has 1 heterocycles. The summed E-state index contributed by atoms with van der Waals surface area (Å²) in [4.78, 5) is 12.2. The number of rotatable bonds is 1. The van der Waals surface area contributed by atoms with Crippen LogP contribution in [0.15, 0.2) is 0 Å². The molecule has 0 spiro atoms. The van der Waals surface area contributed by atoms with Crippen molar-refractivity contribution in [3.8, 4) is 0 Å². The normalized spacial score (nSPS) is 35.8. The van der Waals surface area contributed by atoms with E-state index in [0.29, 0.717) is 11.8 Å². The first-order chi connectivity index (χ1) is 8.22. The Kier molecular flexibility index (Phi) is 3.50. The molecular formula is C16H28O2. The van der Waals surface area contributed by atoms with Gasteiger partial charge in [0.25, 0.3) is 0 Å². The number of cyclic esters (lactones) is 1. The lowest BCUT2D eigenvalue weighted by Gasteiger charge is -2.49. The Balaban J connectivity index is 2.20. The van der Waals surface area contributed by atoms with Gasteiger partial charge >= 0.3 is 5.97 Å². The van der Waals surface area contributed by atoms with Crippen molar-refractivity contribution in [2.24, 2.45) is 22.7 Å². The third kappa shape index (κ3) is 2.57. The number of carbonyl (C=O) groups is 1. The fourth-order valence-corrected chi connectivity index (χ4v) is 3.83. The maximum absolute atomic E-state index is 12.2. The fourth-order valence-electron chi connectivity index (χ4n) is 3.83. The van der Waals surface area contributed by atoms with Crippen LogP contribution in [0.4, 0.5) is 0 Å². The summed E-state index contributed by atoms with van der Waals surface area (Å²) >= 11 is 0. The largest absolute Gasteiger partial charge is 0.462 e. The Morgan fingerprint density at radius 3 is 2.44 bits per heavy atom. The molecule has 1 saturated carbocycles. The highest BCUT2D eigenvalue weighted by Crippen LogP contribution is 2.50. The van der Waals surface area contributed by atoms with Gasteiger partial charge in [-0.1, -0.05) is 33.6 Å². The van der Waals surface area contributed by atoms with Crippen molar-refractivity contribution >= 4 is 5.97 Å². The third-order valence-electron chi connectivity index (χ3n) is 4.82. The standard InChI is InChI=1S/C16H28O2/c1-15(2,3)10-13-11-8-6-7-9-12(11)16(4,5)14(17)18-13/h11-13H,6-10H2,1-5H3/t11?,12-,13?/m1/s1. The van der Waals surface area contributed by atoms with E-state index in [4.69, 9.17) is 4.74 Å². The van der Waals surface area contributed by atoms with Crippen molar-refractivity contribution in [2.45, 2.75) is 72.8 Å². The Morgan fingerprint density at radius 2 is 1.83 bits per heavy atom. The molecule has 104 valence electrons. The van der Waals surface area contributed by atoms with Crippen LogP contribution in [-0.4, -0.2) is 12.1 Å². The van der Waals surface area contributed by atoms with E-state index in [1.54, 1.807) is 0 Å². The summed E-state index contributed by atoms with van der Waals surface area (Å²) in [6.45, 7) is 10.9. The van der Waals surface area contributed by atoms with Gasteiger partial charge in [0.15, 0.2) is 0 Å². The minimum Gasteiger partial charge on any atom is -0.462 e. The molecule has 1 aliphatic heterocycles. The van der Waals surface area contributed by atoms with Gasteiger partial charge in [0, 0.05) is 0 Å². The Hall–Kier alpha value is -0.530. The zero-order valence-corrected chi connectivity index (χ0v) is 12.6. The van der Waals surface area contributed by atoms with Crippen LogP contribution in [0.25, 0.3) is 0 Å². The summed E-state index contributed by atoms with van der Waals surface area (Å²) < 4.78 is 5.81. The van der Waals surface area contributed by atoms with Gasteiger partial charge in [0.05, 0.1) is 5.41 Å². The van der Waals surface area contributed by atoms with Crippen LogP contribution in [0.2, 0.25) is 0 Å². The van der Waals surface area contributed by atoms with Crippen LogP contribution >= 0.6 is 0 Å². The third-order valence-corrected chi connectivity index (χ3v) is 4.82. The Labute approximate surface area is 111 Å². The molecule has 2 aliphatic rings. The second-order valence-corrected chi connectivity index (χ2v) is 7.99. The van der Waals surface area contributed by atoms with E-state index in [1.807, 2.05) is 0 Å². The number of esters is 1. The first-order valence-corrected chi connectivity index (χ1v) is 7.43. The first-order valence-electron chi connectivity index (χ1n) is 7.43. The highest BCUT2D eigenvalue weighted by Gasteiger charge is 2.51. The molecule has 2 heteroatoms. The number of carbonyl (C=O) groups excluding carboxylic acids is 1. The predicted molar refractivity (Wildman–Crippen MR) is 73.2 cm³/mol. The summed E-state index contributed by atoms with van der Waals surface area (Å²) in [6.07, 6.45) is 6.16. The molecule has 2 fully saturated rings. The van der Waals surface area contributed by atoms with Crippen molar-refractivity contribution in [2.75, 3.05) is 0 Å². The minimum absolute atomic E-state index is 0.0277. The van der Waals surface area contributed by atoms with E-state index >= 15 is 0 Å². The van der Waals surface area contributed by atoms with E-state index in [0.717, 1.165) is 6.42 Å². The van der Waals surface area contributed by atoms with Crippen LogP contribution in [-0.2, 0) is 9.53 Å². The van der Waals surface area contributed by atoms with E-state index in [2.05, 4.69) is 34.6 Å². The maximum atomic E-state index is 12.2. The van der Waals surface area contributed by atoms with E-state index < -0.39 is 0 Å². The van der Waals surface area contributed by atoms with Crippen molar-refractivity contribution in [3.05, 3.63) is 0 Å². The summed E-state index contributed by atoms with van der Waals surface area (Å²) in [5.41, 5.74) is -0.0477. The van der Waals surface area contributed by atoms with Crippen LogP contribution in [0, 0.1) is 22.7 Å². The highest BCUT2D eigenvalue weighted by atomic mass is 16.5. The number of hydrogen-bond donors (Lipinski definition) is 0. The van der Waals surface area contributed by atoms with Crippen LogP contribution in [0.1, 0.15) is 66.7 Å². The maximum Gasteiger partial charge on any atom is 0.312 e. The molecule has 1 saturated heterocycles. The Bertz CT molecular complexity index is 324. The average Bonchev–Trinajstić information content (AvgIpc) is 2.24. The molecule has 0 aromatic carbocycles. The molecule has 2 unspecified atom stereocenters. The topological polar surface area (TPSA) is 26.3 Å². The molecule has 0 aromatic heterocycles. The monoisotopic (exact) mass is 252 g/mol. The van der Waals surface area contributed by atoms with Crippen molar-refractivity contribution < 1.29 is 9.53 Å². The highest BCUT2D eigenvalue weighted by molar-refractivity contribution is 5.77. The molecule has 3 atom stereocenters. The van der Waals surface area contributed by atoms with E-state index in [9.17, 15) is 4.79 Å². The Morgan fingerprint density at radius 1 is 1.22 bits per heavy atom. The van der Waals surface area contributed by atoms with Crippen LogP contribution in [0.5, 0.6) is 0 Å². The lowest BCUT2D eigenvalue weighted by atomic mass is 9.61. The summed E-state index contributed by atoms with van der Waals surface area (Å²) in [5, 5.41) is 0. The number of ether oxygens (including phenoxy) is 1. The molecule has 0 radical (unpaired) electrons. The zero-order chi connectivity index (χ0) is 13.6. The first kappa shape index (κ1) is 13.9.